The van der Waals surface area contributed by atoms with E-state index in [-0.39, 0.29) is 11.1 Å². The molecule has 3 rings (SSSR count). The van der Waals surface area contributed by atoms with Crippen LogP contribution in [0.25, 0.3) is 0 Å². The van der Waals surface area contributed by atoms with Gasteiger partial charge in [0, 0.05) is 10.7 Å². The van der Waals surface area contributed by atoms with Gasteiger partial charge in [-0.1, -0.05) is 29.8 Å². The summed E-state index contributed by atoms with van der Waals surface area (Å²) in [5.41, 5.74) is 0.929. The van der Waals surface area contributed by atoms with Crippen molar-refractivity contribution >= 4 is 41.0 Å². The lowest BCUT2D eigenvalue weighted by Gasteiger charge is -2.20. The molecule has 0 aromatic heterocycles. The first-order chi connectivity index (χ1) is 12.9. The highest BCUT2D eigenvalue weighted by molar-refractivity contribution is 6.30. The molecule has 27 heavy (non-hydrogen) atoms. The van der Waals surface area contributed by atoms with Crippen LogP contribution < -0.4 is 5.32 Å². The number of carbonyl (C=O) groups is 4. The first kappa shape index (κ1) is 18.6. The molecule has 1 unspecified atom stereocenters. The van der Waals surface area contributed by atoms with Crippen LogP contribution in [0.1, 0.15) is 27.6 Å². The van der Waals surface area contributed by atoms with Crippen LogP contribution in [0.2, 0.25) is 5.02 Å². The van der Waals surface area contributed by atoms with Gasteiger partial charge in [0.1, 0.15) is 6.04 Å². The molecule has 0 saturated carbocycles. The second-order valence-electron chi connectivity index (χ2n) is 5.87. The number of nitrogens with one attached hydrogen (secondary N) is 1. The maximum absolute atomic E-state index is 12.4. The van der Waals surface area contributed by atoms with Gasteiger partial charge in [-0.05, 0) is 37.3 Å². The molecule has 3 amide bonds. The van der Waals surface area contributed by atoms with Crippen LogP contribution in [-0.2, 0) is 14.3 Å². The van der Waals surface area contributed by atoms with E-state index in [0.717, 1.165) is 4.90 Å². The van der Waals surface area contributed by atoms with Crippen molar-refractivity contribution in [2.45, 2.75) is 13.0 Å². The fourth-order valence-corrected chi connectivity index (χ4v) is 2.88. The van der Waals surface area contributed by atoms with Crippen LogP contribution in [0.15, 0.2) is 48.5 Å². The summed E-state index contributed by atoms with van der Waals surface area (Å²) in [5.74, 6) is -2.56. The van der Waals surface area contributed by atoms with Gasteiger partial charge in [0.05, 0.1) is 11.1 Å². The fraction of sp³-hybridized carbons (Fsp3) is 0.158. The number of carbonyl (C=O) groups excluding carboxylic acids is 4. The van der Waals surface area contributed by atoms with Gasteiger partial charge in [-0.25, -0.2) is 4.79 Å². The molecule has 1 N–H and O–H groups in total. The SMILES string of the molecule is CC(C(=O)OCC(=O)Nc1cccc(Cl)c1)N1C(=O)c2ccccc2C1=O. The van der Waals surface area contributed by atoms with Crippen molar-refractivity contribution in [3.8, 4) is 0 Å². The number of hydrogen-bond donors (Lipinski definition) is 1. The molecule has 0 spiro atoms. The number of esters is 1. The van der Waals surface area contributed by atoms with Crippen molar-refractivity contribution in [1.82, 2.24) is 4.90 Å². The highest BCUT2D eigenvalue weighted by atomic mass is 35.5. The maximum Gasteiger partial charge on any atom is 0.329 e. The zero-order valence-electron chi connectivity index (χ0n) is 14.3. The lowest BCUT2D eigenvalue weighted by atomic mass is 10.1. The van der Waals surface area contributed by atoms with E-state index in [4.69, 9.17) is 16.3 Å². The minimum atomic E-state index is -1.16. The summed E-state index contributed by atoms with van der Waals surface area (Å²) in [4.78, 5) is 49.7. The Bertz CT molecular complexity index is 908. The average Bonchev–Trinajstić information content (AvgIpc) is 2.90. The molecule has 138 valence electrons. The quantitative estimate of drug-likeness (QED) is 0.629. The van der Waals surface area contributed by atoms with Crippen LogP contribution in [-0.4, -0.2) is 41.2 Å². The summed E-state index contributed by atoms with van der Waals surface area (Å²) in [6, 6.07) is 11.6. The van der Waals surface area contributed by atoms with E-state index < -0.39 is 36.3 Å². The average molecular weight is 387 g/mol. The third kappa shape index (κ3) is 3.83. The largest absolute Gasteiger partial charge is 0.454 e. The summed E-state index contributed by atoms with van der Waals surface area (Å²) in [6.45, 7) is 0.817. The molecule has 0 aliphatic carbocycles. The normalized spacial score (nSPS) is 13.9. The van der Waals surface area contributed by atoms with Crippen LogP contribution in [0.5, 0.6) is 0 Å². The molecular formula is C19H15ClN2O5. The first-order valence-electron chi connectivity index (χ1n) is 8.07. The summed E-state index contributed by atoms with van der Waals surface area (Å²) in [7, 11) is 0. The predicted octanol–water partition coefficient (Wildman–Crippen LogP) is 2.51. The summed E-state index contributed by atoms with van der Waals surface area (Å²) in [6.07, 6.45) is 0. The summed E-state index contributed by atoms with van der Waals surface area (Å²) in [5, 5.41) is 2.98. The monoisotopic (exact) mass is 386 g/mol. The minimum absolute atomic E-state index is 0.237. The lowest BCUT2D eigenvalue weighted by molar-refractivity contribution is -0.150. The number of ether oxygens (including phenoxy) is 1. The van der Waals surface area contributed by atoms with Crippen molar-refractivity contribution in [3.63, 3.8) is 0 Å². The number of amides is 3. The van der Waals surface area contributed by atoms with E-state index in [1.165, 1.54) is 19.1 Å². The van der Waals surface area contributed by atoms with Gasteiger partial charge in [-0.2, -0.15) is 0 Å². The van der Waals surface area contributed by atoms with Gasteiger partial charge in [-0.3, -0.25) is 19.3 Å². The third-order valence-electron chi connectivity index (χ3n) is 4.01. The van der Waals surface area contributed by atoms with Crippen LogP contribution in [0.3, 0.4) is 0 Å². The molecule has 7 nitrogen and oxygen atoms in total. The number of benzene rings is 2. The highest BCUT2D eigenvalue weighted by Crippen LogP contribution is 2.24. The van der Waals surface area contributed by atoms with Gasteiger partial charge in [-0.15, -0.1) is 0 Å². The van der Waals surface area contributed by atoms with Gasteiger partial charge in [0.2, 0.25) is 0 Å². The van der Waals surface area contributed by atoms with Crippen molar-refractivity contribution in [1.29, 1.82) is 0 Å². The number of nitrogens with zero attached hydrogens (tertiary/aromatic N) is 1. The number of anilines is 1. The topological polar surface area (TPSA) is 92.8 Å². The number of rotatable bonds is 5. The van der Waals surface area contributed by atoms with E-state index in [0.29, 0.717) is 10.7 Å². The molecule has 1 heterocycles. The second kappa shape index (κ2) is 7.59. The van der Waals surface area contributed by atoms with Crippen LogP contribution in [0.4, 0.5) is 5.69 Å². The Morgan fingerprint density at radius 2 is 1.70 bits per heavy atom. The Labute approximate surface area is 159 Å². The smallest absolute Gasteiger partial charge is 0.329 e. The number of imide groups is 1. The Morgan fingerprint density at radius 1 is 1.07 bits per heavy atom. The van der Waals surface area contributed by atoms with Crippen LogP contribution >= 0.6 is 11.6 Å². The second-order valence-corrected chi connectivity index (χ2v) is 6.30. The Kier molecular flexibility index (Phi) is 5.23. The first-order valence-corrected chi connectivity index (χ1v) is 8.45. The van der Waals surface area contributed by atoms with Gasteiger partial charge in [0.25, 0.3) is 17.7 Å². The van der Waals surface area contributed by atoms with Gasteiger partial charge in [0.15, 0.2) is 6.61 Å². The molecule has 2 aromatic rings. The third-order valence-corrected chi connectivity index (χ3v) is 4.24. The lowest BCUT2D eigenvalue weighted by Crippen LogP contribution is -2.44. The molecule has 1 aliphatic heterocycles. The Morgan fingerprint density at radius 3 is 2.30 bits per heavy atom. The maximum atomic E-state index is 12.4. The molecule has 8 heteroatoms. The molecule has 0 bridgehead atoms. The summed E-state index contributed by atoms with van der Waals surface area (Å²) < 4.78 is 4.95. The van der Waals surface area contributed by atoms with Crippen molar-refractivity contribution < 1.29 is 23.9 Å². The van der Waals surface area contributed by atoms with E-state index in [1.54, 1.807) is 36.4 Å². The Hall–Kier alpha value is -3.19. The standard InChI is InChI=1S/C19H15ClN2O5/c1-11(22-17(24)14-7-2-3-8-15(14)18(22)25)19(26)27-10-16(23)21-13-6-4-5-12(20)9-13/h2-9,11H,10H2,1H3,(H,21,23). The Balaban J connectivity index is 1.59. The van der Waals surface area contributed by atoms with Gasteiger partial charge >= 0.3 is 5.97 Å². The van der Waals surface area contributed by atoms with E-state index in [1.807, 2.05) is 0 Å². The van der Waals surface area contributed by atoms with E-state index >= 15 is 0 Å². The molecule has 1 atom stereocenters. The summed E-state index contributed by atoms with van der Waals surface area (Å²) >= 11 is 5.83. The molecule has 0 saturated heterocycles. The fourth-order valence-electron chi connectivity index (χ4n) is 2.69. The van der Waals surface area contributed by atoms with Crippen LogP contribution in [0, 0.1) is 0 Å². The van der Waals surface area contributed by atoms with E-state index in [2.05, 4.69) is 5.32 Å². The van der Waals surface area contributed by atoms with Gasteiger partial charge < -0.3 is 10.1 Å². The number of halogens is 1. The van der Waals surface area contributed by atoms with Crippen molar-refractivity contribution in [3.05, 3.63) is 64.7 Å². The molecular weight excluding hydrogens is 372 g/mol. The number of hydrogen-bond acceptors (Lipinski definition) is 5. The molecule has 0 radical (unpaired) electrons. The zero-order chi connectivity index (χ0) is 19.6. The highest BCUT2D eigenvalue weighted by Gasteiger charge is 2.41. The van der Waals surface area contributed by atoms with E-state index in [9.17, 15) is 19.2 Å². The molecule has 0 fully saturated rings. The van der Waals surface area contributed by atoms with Crippen molar-refractivity contribution in [2.75, 3.05) is 11.9 Å². The van der Waals surface area contributed by atoms with Crippen molar-refractivity contribution in [2.24, 2.45) is 0 Å². The number of fused-ring (bicyclic) bond motifs is 1. The zero-order valence-corrected chi connectivity index (χ0v) is 15.0. The molecule has 1 aliphatic rings. The minimum Gasteiger partial charge on any atom is -0.454 e. The predicted molar refractivity (Wildman–Crippen MR) is 97.4 cm³/mol. The molecule has 2 aromatic carbocycles.